The van der Waals surface area contributed by atoms with Gasteiger partial charge >= 0.3 is 0 Å². The van der Waals surface area contributed by atoms with Crippen molar-refractivity contribution < 1.29 is 9.59 Å². The Morgan fingerprint density at radius 2 is 1.92 bits per heavy atom. The zero-order valence-corrected chi connectivity index (χ0v) is 14.7. The highest BCUT2D eigenvalue weighted by atomic mass is 16.2. The number of nitrogens with one attached hydrogen (secondary N) is 3. The minimum atomic E-state index is -0.652. The lowest BCUT2D eigenvalue weighted by atomic mass is 9.95. The largest absolute Gasteiger partial charge is 0.353 e. The fourth-order valence-electron chi connectivity index (χ4n) is 3.32. The van der Waals surface area contributed by atoms with Gasteiger partial charge in [-0.05, 0) is 37.0 Å². The van der Waals surface area contributed by atoms with E-state index < -0.39 is 6.04 Å². The van der Waals surface area contributed by atoms with E-state index in [4.69, 9.17) is 0 Å². The Hall–Kier alpha value is -2.37. The molecule has 134 valence electrons. The molecule has 2 amide bonds. The van der Waals surface area contributed by atoms with Crippen LogP contribution in [0.15, 0.2) is 29.3 Å². The molecule has 1 fully saturated rings. The van der Waals surface area contributed by atoms with Gasteiger partial charge in [0.1, 0.15) is 6.04 Å². The van der Waals surface area contributed by atoms with Crippen molar-refractivity contribution in [2.24, 2.45) is 4.99 Å². The third-order valence-electron chi connectivity index (χ3n) is 4.80. The van der Waals surface area contributed by atoms with E-state index in [2.05, 4.69) is 27.9 Å². The van der Waals surface area contributed by atoms with Crippen molar-refractivity contribution in [3.8, 4) is 0 Å². The zero-order chi connectivity index (χ0) is 17.6. The highest BCUT2D eigenvalue weighted by Crippen LogP contribution is 2.18. The van der Waals surface area contributed by atoms with Crippen molar-refractivity contribution in [3.05, 3.63) is 29.8 Å². The van der Waals surface area contributed by atoms with Gasteiger partial charge in [-0.1, -0.05) is 38.3 Å². The van der Waals surface area contributed by atoms with Crippen LogP contribution in [0.25, 0.3) is 0 Å². The Morgan fingerprint density at radius 1 is 1.20 bits per heavy atom. The molecule has 1 heterocycles. The first kappa shape index (κ1) is 17.5. The molecule has 3 rings (SSSR count). The fourth-order valence-corrected chi connectivity index (χ4v) is 3.32. The van der Waals surface area contributed by atoms with Gasteiger partial charge in [0.15, 0.2) is 0 Å². The second kappa shape index (κ2) is 8.14. The van der Waals surface area contributed by atoms with Gasteiger partial charge in [-0.15, -0.1) is 0 Å². The highest BCUT2D eigenvalue weighted by Gasteiger charge is 2.29. The van der Waals surface area contributed by atoms with Crippen LogP contribution in [0.5, 0.6) is 0 Å². The van der Waals surface area contributed by atoms with Crippen molar-refractivity contribution in [3.63, 3.8) is 0 Å². The molecule has 1 aliphatic heterocycles. The Morgan fingerprint density at radius 3 is 2.60 bits per heavy atom. The summed E-state index contributed by atoms with van der Waals surface area (Å²) in [6.45, 7) is 2.10. The number of nitrogens with zero attached hydrogens (tertiary/aromatic N) is 1. The number of amides is 2. The number of benzene rings is 1. The minimum Gasteiger partial charge on any atom is -0.353 e. The summed E-state index contributed by atoms with van der Waals surface area (Å²) < 4.78 is 0. The van der Waals surface area contributed by atoms with Gasteiger partial charge in [0.05, 0.1) is 6.42 Å². The smallest absolute Gasteiger partial charge is 0.252 e. The maximum Gasteiger partial charge on any atom is 0.252 e. The topological polar surface area (TPSA) is 82.6 Å². The van der Waals surface area contributed by atoms with Crippen molar-refractivity contribution in [1.82, 2.24) is 10.6 Å². The average Bonchev–Trinajstić information content (AvgIpc) is 2.95. The maximum atomic E-state index is 12.2. The molecular formula is C19H26N4O2. The number of guanidine groups is 1. The fraction of sp³-hybridized carbons (Fsp3) is 0.526. The third kappa shape index (κ3) is 4.81. The first-order chi connectivity index (χ1) is 12.1. The Balaban J connectivity index is 1.53. The van der Waals surface area contributed by atoms with Crippen LogP contribution in [0.3, 0.4) is 0 Å². The summed E-state index contributed by atoms with van der Waals surface area (Å²) in [5.74, 6) is 0.0838. The number of rotatable bonds is 5. The number of hydrogen-bond donors (Lipinski definition) is 3. The summed E-state index contributed by atoms with van der Waals surface area (Å²) in [6.07, 6.45) is 6.73. The van der Waals surface area contributed by atoms with E-state index >= 15 is 0 Å². The summed E-state index contributed by atoms with van der Waals surface area (Å²) in [5.41, 5.74) is 2.11. The molecule has 2 aliphatic rings. The number of aliphatic imine (C=N–C) groups is 1. The van der Waals surface area contributed by atoms with E-state index in [-0.39, 0.29) is 24.3 Å². The Bertz CT molecular complexity index is 648. The average molecular weight is 342 g/mol. The quantitative estimate of drug-likeness (QED) is 0.768. The molecule has 0 saturated heterocycles. The zero-order valence-electron chi connectivity index (χ0n) is 14.7. The second-order valence-electron chi connectivity index (χ2n) is 6.76. The number of aryl methyl sites for hydroxylation is 1. The van der Waals surface area contributed by atoms with Crippen LogP contribution >= 0.6 is 0 Å². The Kier molecular flexibility index (Phi) is 5.68. The third-order valence-corrected chi connectivity index (χ3v) is 4.80. The van der Waals surface area contributed by atoms with Crippen LogP contribution in [0, 0.1) is 0 Å². The van der Waals surface area contributed by atoms with Gasteiger partial charge in [0, 0.05) is 11.7 Å². The molecule has 1 atom stereocenters. The number of hydrogen-bond acceptors (Lipinski definition) is 4. The molecule has 1 saturated carbocycles. The van der Waals surface area contributed by atoms with Gasteiger partial charge in [-0.2, -0.15) is 0 Å². The monoisotopic (exact) mass is 342 g/mol. The van der Waals surface area contributed by atoms with Crippen molar-refractivity contribution in [1.29, 1.82) is 0 Å². The molecule has 0 bridgehead atoms. The van der Waals surface area contributed by atoms with Crippen molar-refractivity contribution in [2.75, 3.05) is 5.32 Å². The van der Waals surface area contributed by atoms with E-state index in [0.29, 0.717) is 5.96 Å². The minimum absolute atomic E-state index is 0.0932. The van der Waals surface area contributed by atoms with Crippen LogP contribution in [0.1, 0.15) is 51.0 Å². The maximum absolute atomic E-state index is 12.2. The summed E-state index contributed by atoms with van der Waals surface area (Å²) in [4.78, 5) is 28.5. The first-order valence-electron chi connectivity index (χ1n) is 9.18. The van der Waals surface area contributed by atoms with Crippen LogP contribution in [0.4, 0.5) is 5.69 Å². The van der Waals surface area contributed by atoms with Gasteiger partial charge in [0.25, 0.3) is 5.91 Å². The summed E-state index contributed by atoms with van der Waals surface area (Å²) in [6, 6.07) is 7.59. The molecule has 0 radical (unpaired) electrons. The SMILES string of the molecule is CCc1ccc(NC2=N[C@@H](CC(=O)NC3CCCCC3)C(=O)N2)cc1. The molecule has 1 aromatic rings. The highest BCUT2D eigenvalue weighted by molar-refractivity contribution is 6.11. The lowest BCUT2D eigenvalue weighted by Gasteiger charge is -2.22. The standard InChI is InChI=1S/C19H26N4O2/c1-2-13-8-10-15(11-9-13)21-19-22-16(18(25)23-19)12-17(24)20-14-6-4-3-5-7-14/h8-11,14,16H,2-7,12H2,1H3,(H,20,24)(H2,21,22,23,25)/t16-/m0/s1. The van der Waals surface area contributed by atoms with Gasteiger partial charge < -0.3 is 10.6 Å². The lowest BCUT2D eigenvalue weighted by molar-refractivity contribution is -0.126. The number of carbonyl (C=O) groups is 2. The van der Waals surface area contributed by atoms with Gasteiger partial charge in [-0.25, -0.2) is 4.99 Å². The van der Waals surface area contributed by atoms with Gasteiger partial charge in [0.2, 0.25) is 11.9 Å². The molecule has 6 heteroatoms. The van der Waals surface area contributed by atoms with Gasteiger partial charge in [-0.3, -0.25) is 14.9 Å². The predicted octanol–water partition coefficient (Wildman–Crippen LogP) is 2.35. The molecular weight excluding hydrogens is 316 g/mol. The van der Waals surface area contributed by atoms with Crippen LogP contribution in [-0.4, -0.2) is 29.9 Å². The van der Waals surface area contributed by atoms with Crippen LogP contribution in [0.2, 0.25) is 0 Å². The van der Waals surface area contributed by atoms with Crippen molar-refractivity contribution >= 4 is 23.5 Å². The van der Waals surface area contributed by atoms with E-state index in [0.717, 1.165) is 37.8 Å². The van der Waals surface area contributed by atoms with E-state index in [1.54, 1.807) is 0 Å². The van der Waals surface area contributed by atoms with Crippen LogP contribution in [-0.2, 0) is 16.0 Å². The summed E-state index contributed by atoms with van der Waals surface area (Å²) >= 11 is 0. The summed E-state index contributed by atoms with van der Waals surface area (Å²) in [7, 11) is 0. The van der Waals surface area contributed by atoms with Crippen LogP contribution < -0.4 is 16.0 Å². The lowest BCUT2D eigenvalue weighted by Crippen LogP contribution is -2.39. The molecule has 0 spiro atoms. The molecule has 0 aromatic heterocycles. The van der Waals surface area contributed by atoms with E-state index in [1.165, 1.54) is 12.0 Å². The molecule has 3 N–H and O–H groups in total. The predicted molar refractivity (Wildman–Crippen MR) is 98.4 cm³/mol. The normalized spacial score (nSPS) is 20.8. The second-order valence-corrected chi connectivity index (χ2v) is 6.76. The molecule has 6 nitrogen and oxygen atoms in total. The summed E-state index contributed by atoms with van der Waals surface area (Å²) in [5, 5.41) is 8.84. The van der Waals surface area contributed by atoms with E-state index in [9.17, 15) is 9.59 Å². The Labute approximate surface area is 148 Å². The number of anilines is 1. The molecule has 1 aromatic carbocycles. The molecule has 1 aliphatic carbocycles. The van der Waals surface area contributed by atoms with Crippen molar-refractivity contribution in [2.45, 2.75) is 64.0 Å². The number of carbonyl (C=O) groups excluding carboxylic acids is 2. The molecule has 0 unspecified atom stereocenters. The van der Waals surface area contributed by atoms with E-state index in [1.807, 2.05) is 24.3 Å². The first-order valence-corrected chi connectivity index (χ1v) is 9.18. The molecule has 25 heavy (non-hydrogen) atoms.